The Kier molecular flexibility index (Phi) is 4.39. The molecule has 19 heavy (non-hydrogen) atoms. The van der Waals surface area contributed by atoms with Crippen molar-refractivity contribution in [1.82, 2.24) is 0 Å². The SMILES string of the molecule is CCC1CCSC(Nc2cccc(C(F)(F)F)c2)=N1. The van der Waals surface area contributed by atoms with Crippen LogP contribution in [0.3, 0.4) is 0 Å². The summed E-state index contributed by atoms with van der Waals surface area (Å²) < 4.78 is 37.8. The predicted molar refractivity (Wildman–Crippen MR) is 73.7 cm³/mol. The van der Waals surface area contributed by atoms with E-state index < -0.39 is 11.7 Å². The zero-order valence-corrected chi connectivity index (χ0v) is 11.3. The molecule has 104 valence electrons. The van der Waals surface area contributed by atoms with Crippen LogP contribution < -0.4 is 5.32 Å². The molecule has 1 heterocycles. The molecule has 0 saturated carbocycles. The number of nitrogens with one attached hydrogen (secondary N) is 1. The maximum atomic E-state index is 12.6. The molecule has 1 aromatic carbocycles. The molecule has 0 aliphatic carbocycles. The maximum absolute atomic E-state index is 12.6. The van der Waals surface area contributed by atoms with E-state index in [4.69, 9.17) is 0 Å². The van der Waals surface area contributed by atoms with Crippen molar-refractivity contribution in [2.24, 2.45) is 4.99 Å². The van der Waals surface area contributed by atoms with Crippen LogP contribution in [0.15, 0.2) is 29.3 Å². The summed E-state index contributed by atoms with van der Waals surface area (Å²) in [5.41, 5.74) is -0.219. The first-order valence-electron chi connectivity index (χ1n) is 6.14. The second-order valence-corrected chi connectivity index (χ2v) is 5.42. The van der Waals surface area contributed by atoms with E-state index in [1.807, 2.05) is 0 Å². The molecule has 6 heteroatoms. The van der Waals surface area contributed by atoms with Gasteiger partial charge in [0.15, 0.2) is 5.17 Å². The first-order valence-corrected chi connectivity index (χ1v) is 7.12. The Morgan fingerprint density at radius 1 is 1.42 bits per heavy atom. The average Bonchev–Trinajstić information content (AvgIpc) is 2.38. The third-order valence-electron chi connectivity index (χ3n) is 2.90. The molecule has 2 rings (SSSR count). The van der Waals surface area contributed by atoms with Crippen molar-refractivity contribution in [3.05, 3.63) is 29.8 Å². The first-order chi connectivity index (χ1) is 8.99. The van der Waals surface area contributed by atoms with Gasteiger partial charge in [0.1, 0.15) is 0 Å². The molecule has 1 aliphatic heterocycles. The highest BCUT2D eigenvalue weighted by atomic mass is 32.2. The maximum Gasteiger partial charge on any atom is 0.416 e. The Labute approximate surface area is 114 Å². The van der Waals surface area contributed by atoms with Crippen molar-refractivity contribution in [2.75, 3.05) is 11.1 Å². The number of rotatable bonds is 2. The third kappa shape index (κ3) is 3.89. The molecule has 1 atom stereocenters. The number of hydrogen-bond acceptors (Lipinski definition) is 3. The van der Waals surface area contributed by atoms with Crippen LogP contribution in [0, 0.1) is 0 Å². The van der Waals surface area contributed by atoms with Gasteiger partial charge < -0.3 is 5.32 Å². The molecule has 1 N–H and O–H groups in total. The smallest absolute Gasteiger partial charge is 0.335 e. The van der Waals surface area contributed by atoms with Gasteiger partial charge in [-0.15, -0.1) is 0 Å². The lowest BCUT2D eigenvalue weighted by Crippen LogP contribution is -2.19. The molecule has 0 bridgehead atoms. The second kappa shape index (κ2) is 5.86. The van der Waals surface area contributed by atoms with E-state index in [9.17, 15) is 13.2 Å². The topological polar surface area (TPSA) is 24.4 Å². The van der Waals surface area contributed by atoms with Crippen LogP contribution in [0.5, 0.6) is 0 Å². The van der Waals surface area contributed by atoms with E-state index >= 15 is 0 Å². The van der Waals surface area contributed by atoms with Gasteiger partial charge in [0.05, 0.1) is 11.6 Å². The minimum atomic E-state index is -4.31. The Bertz CT molecular complexity index is 471. The highest BCUT2D eigenvalue weighted by molar-refractivity contribution is 8.14. The Morgan fingerprint density at radius 2 is 2.21 bits per heavy atom. The number of hydrogen-bond donors (Lipinski definition) is 1. The van der Waals surface area contributed by atoms with Crippen molar-refractivity contribution in [3.63, 3.8) is 0 Å². The fourth-order valence-corrected chi connectivity index (χ4v) is 2.82. The number of benzene rings is 1. The largest absolute Gasteiger partial charge is 0.416 e. The van der Waals surface area contributed by atoms with Gasteiger partial charge in [-0.05, 0) is 31.0 Å². The van der Waals surface area contributed by atoms with Crippen LogP contribution in [0.2, 0.25) is 0 Å². The lowest BCUT2D eigenvalue weighted by molar-refractivity contribution is -0.137. The van der Waals surface area contributed by atoms with Crippen LogP contribution in [0.25, 0.3) is 0 Å². The zero-order valence-electron chi connectivity index (χ0n) is 10.5. The number of thioether (sulfide) groups is 1. The van der Waals surface area contributed by atoms with E-state index in [1.54, 1.807) is 17.8 Å². The molecule has 1 aromatic rings. The van der Waals surface area contributed by atoms with Gasteiger partial charge in [-0.25, -0.2) is 0 Å². The molecule has 1 unspecified atom stereocenters. The van der Waals surface area contributed by atoms with E-state index in [2.05, 4.69) is 17.2 Å². The molecule has 0 fully saturated rings. The van der Waals surface area contributed by atoms with Crippen molar-refractivity contribution in [2.45, 2.75) is 32.0 Å². The van der Waals surface area contributed by atoms with Crippen molar-refractivity contribution in [1.29, 1.82) is 0 Å². The molecular formula is C13H15F3N2S. The summed E-state index contributed by atoms with van der Waals surface area (Å²) in [6.45, 7) is 2.06. The van der Waals surface area contributed by atoms with E-state index in [0.717, 1.165) is 30.7 Å². The Balaban J connectivity index is 2.13. The number of alkyl halides is 3. The van der Waals surface area contributed by atoms with Crippen LogP contribution in [-0.2, 0) is 6.18 Å². The minimum absolute atomic E-state index is 0.273. The van der Waals surface area contributed by atoms with Gasteiger partial charge in [-0.1, -0.05) is 24.8 Å². The lowest BCUT2D eigenvalue weighted by atomic mass is 10.2. The Hall–Kier alpha value is -1.17. The quantitative estimate of drug-likeness (QED) is 0.873. The monoisotopic (exact) mass is 288 g/mol. The lowest BCUT2D eigenvalue weighted by Gasteiger charge is -2.20. The number of nitrogens with zero attached hydrogens (tertiary/aromatic N) is 1. The highest BCUT2D eigenvalue weighted by Crippen LogP contribution is 2.31. The van der Waals surface area contributed by atoms with E-state index in [0.29, 0.717) is 10.9 Å². The van der Waals surface area contributed by atoms with Crippen LogP contribution in [0.4, 0.5) is 18.9 Å². The zero-order chi connectivity index (χ0) is 13.9. The molecular weight excluding hydrogens is 273 g/mol. The molecule has 0 spiro atoms. The highest BCUT2D eigenvalue weighted by Gasteiger charge is 2.30. The van der Waals surface area contributed by atoms with Gasteiger partial charge in [-0.3, -0.25) is 4.99 Å². The van der Waals surface area contributed by atoms with E-state index in [1.165, 1.54) is 6.07 Å². The summed E-state index contributed by atoms with van der Waals surface area (Å²) in [6, 6.07) is 5.47. The molecule has 1 aliphatic rings. The van der Waals surface area contributed by atoms with Crippen molar-refractivity contribution in [3.8, 4) is 0 Å². The molecule has 0 saturated heterocycles. The third-order valence-corrected chi connectivity index (χ3v) is 3.82. The fraction of sp³-hybridized carbons (Fsp3) is 0.462. The second-order valence-electron chi connectivity index (χ2n) is 4.34. The van der Waals surface area contributed by atoms with Crippen LogP contribution >= 0.6 is 11.8 Å². The molecule has 0 radical (unpaired) electrons. The summed E-state index contributed by atoms with van der Waals surface area (Å²) in [7, 11) is 0. The van der Waals surface area contributed by atoms with Gasteiger partial charge >= 0.3 is 6.18 Å². The number of amidine groups is 1. The Morgan fingerprint density at radius 3 is 2.89 bits per heavy atom. The number of anilines is 1. The van der Waals surface area contributed by atoms with Gasteiger partial charge in [0.25, 0.3) is 0 Å². The predicted octanol–water partition coefficient (Wildman–Crippen LogP) is 4.39. The van der Waals surface area contributed by atoms with E-state index in [-0.39, 0.29) is 6.04 Å². The summed E-state index contributed by atoms with van der Waals surface area (Å²) in [6.07, 6.45) is -2.34. The fourth-order valence-electron chi connectivity index (χ4n) is 1.82. The summed E-state index contributed by atoms with van der Waals surface area (Å²) in [5, 5.41) is 3.68. The van der Waals surface area contributed by atoms with Crippen LogP contribution in [-0.4, -0.2) is 17.0 Å². The van der Waals surface area contributed by atoms with Crippen molar-refractivity contribution < 1.29 is 13.2 Å². The van der Waals surface area contributed by atoms with Crippen molar-refractivity contribution >= 4 is 22.6 Å². The van der Waals surface area contributed by atoms with Gasteiger partial charge in [0.2, 0.25) is 0 Å². The average molecular weight is 288 g/mol. The molecule has 2 nitrogen and oxygen atoms in total. The standard InChI is InChI=1S/C13H15F3N2S/c1-2-10-6-7-19-12(17-10)18-11-5-3-4-9(8-11)13(14,15)16/h3-5,8,10H,2,6-7H2,1H3,(H,17,18). The first kappa shape index (κ1) is 14.2. The minimum Gasteiger partial charge on any atom is -0.335 e. The number of halogens is 3. The normalized spacial score (nSPS) is 20.0. The summed E-state index contributed by atoms with van der Waals surface area (Å²) in [5.74, 6) is 0.948. The number of aliphatic imine (C=N–C) groups is 1. The molecule has 0 amide bonds. The van der Waals surface area contributed by atoms with Crippen LogP contribution in [0.1, 0.15) is 25.3 Å². The summed E-state index contributed by atoms with van der Waals surface area (Å²) in [4.78, 5) is 4.47. The van der Waals surface area contributed by atoms with Gasteiger partial charge in [0, 0.05) is 11.4 Å². The molecule has 0 aromatic heterocycles. The van der Waals surface area contributed by atoms with Gasteiger partial charge in [-0.2, -0.15) is 13.2 Å². The summed E-state index contributed by atoms with van der Waals surface area (Å²) >= 11 is 1.55.